The number of carbonyl (C=O) groups is 2. The molecule has 0 aliphatic carbocycles. The number of benzene rings is 1. The third kappa shape index (κ3) is 5.57. The molecule has 0 aliphatic heterocycles. The lowest BCUT2D eigenvalue weighted by Crippen LogP contribution is -2.23. The lowest BCUT2D eigenvalue weighted by atomic mass is 9.98. The van der Waals surface area contributed by atoms with Crippen LogP contribution in [0.5, 0.6) is 5.75 Å². The second-order valence-corrected chi connectivity index (χ2v) is 5.11. The molecule has 0 bridgehead atoms. The van der Waals surface area contributed by atoms with Crippen LogP contribution in [0.2, 0.25) is 0 Å². The molecule has 0 heterocycles. The Hall–Kier alpha value is -2.35. The zero-order valence-electron chi connectivity index (χ0n) is 13.2. The summed E-state index contributed by atoms with van der Waals surface area (Å²) < 4.78 is 10.2. The molecule has 0 spiro atoms. The SMILES string of the molecule is CCCCC(C#N)C(C)OC(=O)c1ccc(OC(C)=O)cc1. The molecule has 0 aliphatic rings. The summed E-state index contributed by atoms with van der Waals surface area (Å²) in [6.45, 7) is 5.09. The molecule has 0 saturated carbocycles. The maximum Gasteiger partial charge on any atom is 0.338 e. The molecule has 0 radical (unpaired) electrons. The predicted octanol–water partition coefficient (Wildman–Crippen LogP) is 3.49. The van der Waals surface area contributed by atoms with Gasteiger partial charge in [-0.15, -0.1) is 0 Å². The van der Waals surface area contributed by atoms with Crippen molar-refractivity contribution in [3.05, 3.63) is 29.8 Å². The van der Waals surface area contributed by atoms with Gasteiger partial charge in [0.2, 0.25) is 0 Å². The fourth-order valence-electron chi connectivity index (χ4n) is 1.97. The number of unbranched alkanes of at least 4 members (excludes halogenated alkanes) is 1. The molecule has 118 valence electrons. The quantitative estimate of drug-likeness (QED) is 0.569. The van der Waals surface area contributed by atoms with Crippen molar-refractivity contribution in [1.82, 2.24) is 0 Å². The van der Waals surface area contributed by atoms with Crippen LogP contribution in [0.15, 0.2) is 24.3 Å². The highest BCUT2D eigenvalue weighted by atomic mass is 16.5. The first kappa shape index (κ1) is 17.7. The highest BCUT2D eigenvalue weighted by Crippen LogP contribution is 2.18. The minimum absolute atomic E-state index is 0.302. The van der Waals surface area contributed by atoms with Crippen LogP contribution in [0.1, 0.15) is 50.4 Å². The van der Waals surface area contributed by atoms with Crippen molar-refractivity contribution in [2.75, 3.05) is 0 Å². The van der Waals surface area contributed by atoms with Crippen LogP contribution in [0.4, 0.5) is 0 Å². The number of esters is 2. The van der Waals surface area contributed by atoms with Crippen molar-refractivity contribution in [3.63, 3.8) is 0 Å². The summed E-state index contributed by atoms with van der Waals surface area (Å²) in [5.74, 6) is -0.838. The fourth-order valence-corrected chi connectivity index (χ4v) is 1.97. The molecule has 5 heteroatoms. The van der Waals surface area contributed by atoms with Crippen LogP contribution >= 0.6 is 0 Å². The Morgan fingerprint density at radius 1 is 1.27 bits per heavy atom. The van der Waals surface area contributed by atoms with Crippen molar-refractivity contribution < 1.29 is 19.1 Å². The van der Waals surface area contributed by atoms with E-state index in [2.05, 4.69) is 13.0 Å². The third-order valence-electron chi connectivity index (χ3n) is 3.25. The second-order valence-electron chi connectivity index (χ2n) is 5.11. The van der Waals surface area contributed by atoms with E-state index >= 15 is 0 Å². The molecule has 0 fully saturated rings. The number of hydrogen-bond acceptors (Lipinski definition) is 5. The van der Waals surface area contributed by atoms with Crippen LogP contribution in [0.25, 0.3) is 0 Å². The smallest absolute Gasteiger partial charge is 0.338 e. The molecule has 2 unspecified atom stereocenters. The Bertz CT molecular complexity index is 545. The predicted molar refractivity (Wildman–Crippen MR) is 81.3 cm³/mol. The Kier molecular flexibility index (Phi) is 7.11. The molecular weight excluding hydrogens is 282 g/mol. The molecule has 0 amide bonds. The Balaban J connectivity index is 2.64. The van der Waals surface area contributed by atoms with Crippen LogP contribution < -0.4 is 4.74 Å². The molecule has 2 atom stereocenters. The zero-order valence-corrected chi connectivity index (χ0v) is 13.2. The van der Waals surface area contributed by atoms with E-state index in [4.69, 9.17) is 14.7 Å². The normalized spacial score (nSPS) is 12.8. The van der Waals surface area contributed by atoms with Crippen molar-refractivity contribution in [1.29, 1.82) is 5.26 Å². The first-order valence-electron chi connectivity index (χ1n) is 7.37. The van der Waals surface area contributed by atoms with Gasteiger partial charge in [0, 0.05) is 6.92 Å². The number of rotatable bonds is 7. The van der Waals surface area contributed by atoms with Crippen molar-refractivity contribution in [2.24, 2.45) is 5.92 Å². The summed E-state index contributed by atoms with van der Waals surface area (Å²) in [6, 6.07) is 8.31. The molecule has 0 N–H and O–H groups in total. The monoisotopic (exact) mass is 303 g/mol. The van der Waals surface area contributed by atoms with Gasteiger partial charge in [0.05, 0.1) is 17.6 Å². The Morgan fingerprint density at radius 2 is 1.91 bits per heavy atom. The molecule has 1 aromatic rings. The van der Waals surface area contributed by atoms with Gasteiger partial charge in [0.15, 0.2) is 0 Å². The van der Waals surface area contributed by atoms with Gasteiger partial charge in [0.25, 0.3) is 0 Å². The van der Waals surface area contributed by atoms with Crippen molar-refractivity contribution in [3.8, 4) is 11.8 Å². The summed E-state index contributed by atoms with van der Waals surface area (Å²) in [6.07, 6.45) is 2.18. The Morgan fingerprint density at radius 3 is 2.41 bits per heavy atom. The van der Waals surface area contributed by atoms with E-state index in [0.29, 0.717) is 17.7 Å². The summed E-state index contributed by atoms with van der Waals surface area (Å²) in [5, 5.41) is 9.14. The fraction of sp³-hybridized carbons (Fsp3) is 0.471. The maximum absolute atomic E-state index is 12.0. The average molecular weight is 303 g/mol. The highest BCUT2D eigenvalue weighted by molar-refractivity contribution is 5.89. The van der Waals surface area contributed by atoms with E-state index in [-0.39, 0.29) is 5.92 Å². The van der Waals surface area contributed by atoms with Crippen molar-refractivity contribution >= 4 is 11.9 Å². The van der Waals surface area contributed by atoms with Crippen LogP contribution in [-0.2, 0) is 9.53 Å². The van der Waals surface area contributed by atoms with Gasteiger partial charge in [-0.3, -0.25) is 4.79 Å². The molecule has 0 saturated heterocycles. The van der Waals surface area contributed by atoms with E-state index in [9.17, 15) is 9.59 Å². The van der Waals surface area contributed by atoms with Crippen molar-refractivity contribution in [2.45, 2.75) is 46.1 Å². The standard InChI is InChI=1S/C17H21NO4/c1-4-5-6-15(11-18)12(2)21-17(20)14-7-9-16(10-8-14)22-13(3)19/h7-10,12,15H,4-6H2,1-3H3. The molecule has 5 nitrogen and oxygen atoms in total. The first-order chi connectivity index (χ1) is 10.5. The lowest BCUT2D eigenvalue weighted by molar-refractivity contribution is -0.131. The number of hydrogen-bond donors (Lipinski definition) is 0. The van der Waals surface area contributed by atoms with Gasteiger partial charge in [-0.1, -0.05) is 19.8 Å². The van der Waals surface area contributed by atoms with E-state index in [0.717, 1.165) is 12.8 Å². The minimum atomic E-state index is -0.487. The van der Waals surface area contributed by atoms with E-state index in [1.807, 2.05) is 0 Å². The number of ether oxygens (including phenoxy) is 2. The highest BCUT2D eigenvalue weighted by Gasteiger charge is 2.21. The van der Waals surface area contributed by atoms with Gasteiger partial charge >= 0.3 is 11.9 Å². The summed E-state index contributed by atoms with van der Waals surface area (Å²) in [4.78, 5) is 22.9. The number of nitrogens with zero attached hydrogens (tertiary/aromatic N) is 1. The van der Waals surface area contributed by atoms with Gasteiger partial charge in [0.1, 0.15) is 11.9 Å². The molecule has 1 aromatic carbocycles. The van der Waals surface area contributed by atoms with Gasteiger partial charge in [-0.2, -0.15) is 5.26 Å². The van der Waals surface area contributed by atoms with Gasteiger partial charge in [-0.05, 0) is 37.6 Å². The second kappa shape index (κ2) is 8.83. The van der Waals surface area contributed by atoms with E-state index in [1.54, 1.807) is 6.92 Å². The van der Waals surface area contributed by atoms with Crippen LogP contribution in [-0.4, -0.2) is 18.0 Å². The first-order valence-corrected chi connectivity index (χ1v) is 7.37. The van der Waals surface area contributed by atoms with E-state index < -0.39 is 18.0 Å². The van der Waals surface area contributed by atoms with Gasteiger partial charge in [-0.25, -0.2) is 4.79 Å². The molecule has 1 rings (SSSR count). The molecule has 0 aromatic heterocycles. The zero-order chi connectivity index (χ0) is 16.5. The topological polar surface area (TPSA) is 76.4 Å². The number of nitriles is 1. The molecular formula is C17H21NO4. The van der Waals surface area contributed by atoms with Crippen LogP contribution in [0, 0.1) is 17.2 Å². The largest absolute Gasteiger partial charge is 0.458 e. The summed E-state index contributed by atoms with van der Waals surface area (Å²) in [5.41, 5.74) is 0.356. The lowest BCUT2D eigenvalue weighted by Gasteiger charge is -2.18. The number of carbonyl (C=O) groups excluding carboxylic acids is 2. The average Bonchev–Trinajstić information content (AvgIpc) is 2.48. The summed E-state index contributed by atoms with van der Waals surface area (Å²) in [7, 11) is 0. The van der Waals surface area contributed by atoms with E-state index in [1.165, 1.54) is 31.2 Å². The van der Waals surface area contributed by atoms with Gasteiger partial charge < -0.3 is 9.47 Å². The van der Waals surface area contributed by atoms with Crippen LogP contribution in [0.3, 0.4) is 0 Å². The Labute approximate surface area is 130 Å². The maximum atomic E-state index is 12.0. The minimum Gasteiger partial charge on any atom is -0.458 e. The summed E-state index contributed by atoms with van der Waals surface area (Å²) >= 11 is 0. The molecule has 22 heavy (non-hydrogen) atoms. The third-order valence-corrected chi connectivity index (χ3v) is 3.25.